The van der Waals surface area contributed by atoms with E-state index in [1.807, 2.05) is 19.9 Å². The van der Waals surface area contributed by atoms with Gasteiger partial charge in [0.05, 0.1) is 13.2 Å². The second-order valence-corrected chi connectivity index (χ2v) is 6.46. The van der Waals surface area contributed by atoms with E-state index in [9.17, 15) is 0 Å². The van der Waals surface area contributed by atoms with Crippen molar-refractivity contribution in [2.24, 2.45) is 11.1 Å². The summed E-state index contributed by atoms with van der Waals surface area (Å²) in [5.74, 6) is 1.38. The number of hydrogen-bond acceptors (Lipinski definition) is 3. The van der Waals surface area contributed by atoms with Crippen molar-refractivity contribution in [2.45, 2.75) is 47.1 Å². The lowest BCUT2D eigenvalue weighted by atomic mass is 9.86. The van der Waals surface area contributed by atoms with Crippen LogP contribution >= 0.6 is 11.6 Å². The lowest BCUT2D eigenvalue weighted by molar-refractivity contribution is 0.286. The van der Waals surface area contributed by atoms with Crippen molar-refractivity contribution in [3.05, 3.63) is 22.7 Å². The molecule has 0 aromatic heterocycles. The van der Waals surface area contributed by atoms with Gasteiger partial charge in [-0.05, 0) is 37.3 Å². The zero-order chi connectivity index (χ0) is 15.3. The first-order chi connectivity index (χ1) is 9.28. The highest BCUT2D eigenvalue weighted by Gasteiger charge is 2.21. The molecule has 0 aliphatic heterocycles. The maximum Gasteiger partial charge on any atom is 0.162 e. The highest BCUT2D eigenvalue weighted by atomic mass is 35.5. The van der Waals surface area contributed by atoms with Gasteiger partial charge >= 0.3 is 0 Å². The van der Waals surface area contributed by atoms with E-state index in [4.69, 9.17) is 26.8 Å². The first kappa shape index (κ1) is 17.1. The molecule has 0 fully saturated rings. The third-order valence-corrected chi connectivity index (χ3v) is 3.22. The summed E-state index contributed by atoms with van der Waals surface area (Å²) in [6.45, 7) is 11.5. The fourth-order valence-corrected chi connectivity index (χ4v) is 2.44. The predicted molar refractivity (Wildman–Crippen MR) is 84.8 cm³/mol. The fourth-order valence-electron chi connectivity index (χ4n) is 2.14. The molecule has 1 unspecified atom stereocenters. The molecule has 20 heavy (non-hydrogen) atoms. The Morgan fingerprint density at radius 2 is 1.60 bits per heavy atom. The topological polar surface area (TPSA) is 44.5 Å². The largest absolute Gasteiger partial charge is 0.490 e. The number of benzene rings is 1. The Bertz CT molecular complexity index is 441. The van der Waals surface area contributed by atoms with Crippen molar-refractivity contribution in [3.63, 3.8) is 0 Å². The molecule has 0 amide bonds. The summed E-state index contributed by atoms with van der Waals surface area (Å²) < 4.78 is 11.2. The van der Waals surface area contributed by atoms with Crippen molar-refractivity contribution < 1.29 is 9.47 Å². The van der Waals surface area contributed by atoms with Gasteiger partial charge in [-0.15, -0.1) is 0 Å². The summed E-state index contributed by atoms with van der Waals surface area (Å²) in [7, 11) is 0. The smallest absolute Gasteiger partial charge is 0.162 e. The van der Waals surface area contributed by atoms with Crippen molar-refractivity contribution in [2.75, 3.05) is 13.2 Å². The van der Waals surface area contributed by atoms with Gasteiger partial charge in [0.15, 0.2) is 11.5 Å². The number of nitrogens with two attached hydrogens (primary N) is 1. The van der Waals surface area contributed by atoms with E-state index < -0.39 is 0 Å². The van der Waals surface area contributed by atoms with Crippen LogP contribution in [0.25, 0.3) is 0 Å². The minimum absolute atomic E-state index is 0.114. The number of rotatable bonds is 6. The van der Waals surface area contributed by atoms with Gasteiger partial charge in [0.1, 0.15) is 0 Å². The van der Waals surface area contributed by atoms with E-state index in [0.29, 0.717) is 29.7 Å². The average Bonchev–Trinajstić information content (AvgIpc) is 2.30. The molecular weight excluding hydrogens is 274 g/mol. The third-order valence-electron chi connectivity index (χ3n) is 2.89. The number of hydrogen-bond donors (Lipinski definition) is 1. The maximum absolute atomic E-state index is 6.35. The molecule has 0 saturated heterocycles. The van der Waals surface area contributed by atoms with Gasteiger partial charge < -0.3 is 15.2 Å². The Hall–Kier alpha value is -0.930. The summed E-state index contributed by atoms with van der Waals surface area (Å²) in [6, 6.07) is 3.60. The van der Waals surface area contributed by atoms with Crippen LogP contribution < -0.4 is 15.2 Å². The lowest BCUT2D eigenvalue weighted by Crippen LogP contribution is -2.19. The average molecular weight is 300 g/mol. The lowest BCUT2D eigenvalue weighted by Gasteiger charge is -2.25. The van der Waals surface area contributed by atoms with Crippen molar-refractivity contribution in [3.8, 4) is 11.5 Å². The summed E-state index contributed by atoms with van der Waals surface area (Å²) in [5.41, 5.74) is 7.35. The zero-order valence-corrected chi connectivity index (χ0v) is 13.9. The van der Waals surface area contributed by atoms with Crippen LogP contribution in [0.3, 0.4) is 0 Å². The highest BCUT2D eigenvalue weighted by molar-refractivity contribution is 6.31. The van der Waals surface area contributed by atoms with Crippen LogP contribution in [-0.4, -0.2) is 13.2 Å². The Kier molecular flexibility index (Phi) is 6.15. The molecule has 114 valence electrons. The number of ether oxygens (including phenoxy) is 2. The molecule has 1 aromatic rings. The Morgan fingerprint density at radius 1 is 1.10 bits per heavy atom. The van der Waals surface area contributed by atoms with E-state index in [-0.39, 0.29) is 11.5 Å². The van der Waals surface area contributed by atoms with Gasteiger partial charge in [-0.25, -0.2) is 0 Å². The SMILES string of the molecule is CCOc1cc(Cl)c(C(N)CC(C)(C)C)cc1OCC. The van der Waals surface area contributed by atoms with Gasteiger partial charge in [0.25, 0.3) is 0 Å². The van der Waals surface area contributed by atoms with Gasteiger partial charge in [0, 0.05) is 17.1 Å². The fraction of sp³-hybridized carbons (Fsp3) is 0.625. The van der Waals surface area contributed by atoms with E-state index in [1.165, 1.54) is 0 Å². The van der Waals surface area contributed by atoms with E-state index in [0.717, 1.165) is 12.0 Å². The molecule has 1 atom stereocenters. The molecule has 0 radical (unpaired) electrons. The summed E-state index contributed by atoms with van der Waals surface area (Å²) >= 11 is 6.35. The van der Waals surface area contributed by atoms with Crippen molar-refractivity contribution >= 4 is 11.6 Å². The predicted octanol–water partition coefficient (Wildman–Crippen LogP) is 4.57. The Morgan fingerprint density at radius 3 is 2.05 bits per heavy atom. The normalized spacial score (nSPS) is 13.2. The maximum atomic E-state index is 6.35. The minimum Gasteiger partial charge on any atom is -0.490 e. The molecule has 0 aliphatic rings. The van der Waals surface area contributed by atoms with E-state index in [1.54, 1.807) is 6.07 Å². The first-order valence-electron chi connectivity index (χ1n) is 7.13. The second-order valence-electron chi connectivity index (χ2n) is 6.06. The van der Waals surface area contributed by atoms with Gasteiger partial charge in [-0.2, -0.15) is 0 Å². The first-order valence-corrected chi connectivity index (χ1v) is 7.51. The van der Waals surface area contributed by atoms with Crippen molar-refractivity contribution in [1.82, 2.24) is 0 Å². The molecule has 1 aromatic carbocycles. The molecule has 0 aliphatic carbocycles. The highest BCUT2D eigenvalue weighted by Crippen LogP contribution is 2.38. The molecular formula is C16H26ClNO2. The summed E-state index contributed by atoms with van der Waals surface area (Å²) in [6.07, 6.45) is 0.853. The van der Waals surface area contributed by atoms with Gasteiger partial charge in [-0.1, -0.05) is 32.4 Å². The van der Waals surface area contributed by atoms with Crippen LogP contribution in [0.4, 0.5) is 0 Å². The Balaban J connectivity index is 3.10. The Labute approximate surface area is 127 Å². The minimum atomic E-state index is -0.114. The molecule has 4 heteroatoms. The molecule has 0 saturated carbocycles. The second kappa shape index (κ2) is 7.19. The van der Waals surface area contributed by atoms with Crippen LogP contribution in [0.2, 0.25) is 5.02 Å². The molecule has 1 rings (SSSR count). The molecule has 3 nitrogen and oxygen atoms in total. The van der Waals surface area contributed by atoms with E-state index >= 15 is 0 Å². The number of halogens is 1. The molecule has 2 N–H and O–H groups in total. The van der Waals surface area contributed by atoms with Gasteiger partial charge in [-0.3, -0.25) is 0 Å². The quantitative estimate of drug-likeness (QED) is 0.836. The van der Waals surface area contributed by atoms with Crippen LogP contribution in [-0.2, 0) is 0 Å². The zero-order valence-electron chi connectivity index (χ0n) is 13.1. The molecule has 0 heterocycles. The van der Waals surface area contributed by atoms with Gasteiger partial charge in [0.2, 0.25) is 0 Å². The van der Waals surface area contributed by atoms with Crippen LogP contribution in [0.15, 0.2) is 12.1 Å². The monoisotopic (exact) mass is 299 g/mol. The standard InChI is InChI=1S/C16H26ClNO2/c1-6-19-14-8-11(13(18)10-16(3,4)5)12(17)9-15(14)20-7-2/h8-9,13H,6-7,10,18H2,1-5H3. The van der Waals surface area contributed by atoms with Crippen LogP contribution in [0.1, 0.15) is 52.6 Å². The molecule has 0 bridgehead atoms. The van der Waals surface area contributed by atoms with Crippen molar-refractivity contribution in [1.29, 1.82) is 0 Å². The summed E-state index contributed by atoms with van der Waals surface area (Å²) in [5, 5.41) is 0.633. The van der Waals surface area contributed by atoms with Crippen LogP contribution in [0, 0.1) is 5.41 Å². The third kappa shape index (κ3) is 4.88. The van der Waals surface area contributed by atoms with E-state index in [2.05, 4.69) is 20.8 Å². The summed E-state index contributed by atoms with van der Waals surface area (Å²) in [4.78, 5) is 0. The van der Waals surface area contributed by atoms with Crippen LogP contribution in [0.5, 0.6) is 11.5 Å². The molecule has 0 spiro atoms.